The fourth-order valence-corrected chi connectivity index (χ4v) is 1.51. The lowest BCUT2D eigenvalue weighted by atomic mass is 10.3. The molecule has 19 heavy (non-hydrogen) atoms. The second kappa shape index (κ2) is 7.27. The number of rotatable bonds is 1. The zero-order valence-electron chi connectivity index (χ0n) is 10.5. The first kappa shape index (κ1) is 14.8. The number of piperazine rings is 1. The van der Waals surface area contributed by atoms with Crippen LogP contribution in [-0.2, 0) is 9.59 Å². The van der Waals surface area contributed by atoms with E-state index in [0.29, 0.717) is 0 Å². The fourth-order valence-electron chi connectivity index (χ4n) is 1.51. The van der Waals surface area contributed by atoms with Crippen molar-refractivity contribution in [2.45, 2.75) is 6.92 Å². The first-order chi connectivity index (χ1) is 9.00. The van der Waals surface area contributed by atoms with E-state index in [1.54, 1.807) is 6.33 Å². The predicted molar refractivity (Wildman–Crippen MR) is 67.1 cm³/mol. The van der Waals surface area contributed by atoms with Crippen LogP contribution in [0.15, 0.2) is 12.4 Å². The molecule has 1 aliphatic rings. The van der Waals surface area contributed by atoms with Gasteiger partial charge in [0.05, 0.1) is 0 Å². The number of hydrogen-bond donors (Lipinski definition) is 3. The minimum atomic E-state index is -1.82. The van der Waals surface area contributed by atoms with Crippen LogP contribution in [0.25, 0.3) is 0 Å². The lowest BCUT2D eigenvalue weighted by Crippen LogP contribution is -2.43. The van der Waals surface area contributed by atoms with Crippen LogP contribution < -0.4 is 10.2 Å². The van der Waals surface area contributed by atoms with E-state index in [4.69, 9.17) is 19.8 Å². The van der Waals surface area contributed by atoms with E-state index < -0.39 is 11.9 Å². The first-order valence-corrected chi connectivity index (χ1v) is 5.71. The van der Waals surface area contributed by atoms with Gasteiger partial charge >= 0.3 is 11.9 Å². The molecule has 1 fully saturated rings. The number of aliphatic carboxylic acids is 2. The van der Waals surface area contributed by atoms with E-state index in [2.05, 4.69) is 20.2 Å². The third kappa shape index (κ3) is 5.30. The Morgan fingerprint density at radius 1 is 1.21 bits per heavy atom. The zero-order valence-corrected chi connectivity index (χ0v) is 10.5. The maximum absolute atomic E-state index is 9.10. The monoisotopic (exact) mass is 268 g/mol. The molecule has 0 radical (unpaired) electrons. The normalized spacial score (nSPS) is 14.3. The van der Waals surface area contributed by atoms with Gasteiger partial charge < -0.3 is 20.4 Å². The molecule has 3 N–H and O–H groups in total. The van der Waals surface area contributed by atoms with E-state index in [-0.39, 0.29) is 0 Å². The topological polar surface area (TPSA) is 116 Å². The Labute approximate surface area is 110 Å². The average Bonchev–Trinajstić information content (AvgIpc) is 2.40. The van der Waals surface area contributed by atoms with Gasteiger partial charge in [-0.1, -0.05) is 0 Å². The van der Waals surface area contributed by atoms with Gasteiger partial charge in [-0.05, 0) is 6.92 Å². The van der Waals surface area contributed by atoms with Crippen molar-refractivity contribution >= 4 is 17.8 Å². The van der Waals surface area contributed by atoms with Gasteiger partial charge in [-0.2, -0.15) is 0 Å². The molecule has 8 heteroatoms. The Balaban J connectivity index is 0.000000258. The highest BCUT2D eigenvalue weighted by Gasteiger charge is 2.10. The van der Waals surface area contributed by atoms with Crippen LogP contribution in [0.2, 0.25) is 0 Å². The van der Waals surface area contributed by atoms with Crippen molar-refractivity contribution in [2.75, 3.05) is 31.1 Å². The van der Waals surface area contributed by atoms with Crippen LogP contribution in [0.1, 0.15) is 5.69 Å². The minimum Gasteiger partial charge on any atom is -0.473 e. The summed E-state index contributed by atoms with van der Waals surface area (Å²) < 4.78 is 0. The Morgan fingerprint density at radius 3 is 2.26 bits per heavy atom. The van der Waals surface area contributed by atoms with Crippen LogP contribution in [-0.4, -0.2) is 58.3 Å². The molecule has 0 amide bonds. The molecule has 0 spiro atoms. The maximum atomic E-state index is 9.10. The quantitative estimate of drug-likeness (QED) is 0.575. The van der Waals surface area contributed by atoms with Gasteiger partial charge in [0.2, 0.25) is 0 Å². The van der Waals surface area contributed by atoms with Gasteiger partial charge in [-0.3, -0.25) is 0 Å². The lowest BCUT2D eigenvalue weighted by molar-refractivity contribution is -0.159. The number of carbonyl (C=O) groups is 2. The Hall–Kier alpha value is -2.22. The second-order valence-electron chi connectivity index (χ2n) is 3.86. The number of aryl methyl sites for hydroxylation is 1. The van der Waals surface area contributed by atoms with Crippen LogP contribution in [0.3, 0.4) is 0 Å². The van der Waals surface area contributed by atoms with Gasteiger partial charge in [-0.25, -0.2) is 19.6 Å². The van der Waals surface area contributed by atoms with Gasteiger partial charge in [0.15, 0.2) is 0 Å². The molecule has 1 aliphatic heterocycles. The molecule has 8 nitrogen and oxygen atoms in total. The first-order valence-electron chi connectivity index (χ1n) is 5.71. The van der Waals surface area contributed by atoms with E-state index in [1.165, 1.54) is 0 Å². The molecule has 1 saturated heterocycles. The number of hydrogen-bond acceptors (Lipinski definition) is 6. The molecular weight excluding hydrogens is 252 g/mol. The Kier molecular flexibility index (Phi) is 5.68. The standard InChI is InChI=1S/C9H14N4.C2H2O4/c1-8-6-9(12-7-11-8)13-4-2-10-3-5-13;3-1(4)2(5)6/h6-7,10H,2-5H2,1H3;(H,3,4)(H,5,6). The van der Waals surface area contributed by atoms with Gasteiger partial charge in [0.25, 0.3) is 0 Å². The van der Waals surface area contributed by atoms with Crippen molar-refractivity contribution in [3.8, 4) is 0 Å². The number of nitrogens with zero attached hydrogens (tertiary/aromatic N) is 3. The molecule has 2 rings (SSSR count). The summed E-state index contributed by atoms with van der Waals surface area (Å²) in [6.07, 6.45) is 1.63. The van der Waals surface area contributed by atoms with Crippen LogP contribution >= 0.6 is 0 Å². The average molecular weight is 268 g/mol. The number of carboxylic acids is 2. The summed E-state index contributed by atoms with van der Waals surface area (Å²) in [5, 5.41) is 18.1. The highest BCUT2D eigenvalue weighted by Crippen LogP contribution is 2.10. The van der Waals surface area contributed by atoms with Crippen molar-refractivity contribution in [3.63, 3.8) is 0 Å². The molecule has 0 aromatic carbocycles. The summed E-state index contributed by atoms with van der Waals surface area (Å²) >= 11 is 0. The highest BCUT2D eigenvalue weighted by atomic mass is 16.4. The Bertz CT molecular complexity index is 434. The van der Waals surface area contributed by atoms with Gasteiger partial charge in [-0.15, -0.1) is 0 Å². The molecule has 2 heterocycles. The zero-order chi connectivity index (χ0) is 14.3. The fraction of sp³-hybridized carbons (Fsp3) is 0.455. The molecule has 1 aromatic rings. The maximum Gasteiger partial charge on any atom is 0.414 e. The summed E-state index contributed by atoms with van der Waals surface area (Å²) in [6.45, 7) is 6.16. The smallest absolute Gasteiger partial charge is 0.414 e. The van der Waals surface area contributed by atoms with E-state index >= 15 is 0 Å². The second-order valence-corrected chi connectivity index (χ2v) is 3.86. The number of anilines is 1. The van der Waals surface area contributed by atoms with Gasteiger partial charge in [0.1, 0.15) is 12.1 Å². The van der Waals surface area contributed by atoms with Crippen molar-refractivity contribution in [1.29, 1.82) is 0 Å². The summed E-state index contributed by atoms with van der Waals surface area (Å²) in [5.41, 5.74) is 1.03. The molecule has 0 atom stereocenters. The van der Waals surface area contributed by atoms with Crippen molar-refractivity contribution < 1.29 is 19.8 Å². The molecule has 104 valence electrons. The van der Waals surface area contributed by atoms with Crippen molar-refractivity contribution in [2.24, 2.45) is 0 Å². The highest BCUT2D eigenvalue weighted by molar-refractivity contribution is 6.27. The van der Waals surface area contributed by atoms with Gasteiger partial charge in [0, 0.05) is 37.9 Å². The van der Waals surface area contributed by atoms with E-state index in [1.807, 2.05) is 13.0 Å². The molecule has 1 aromatic heterocycles. The predicted octanol–water partition coefficient (Wildman–Crippen LogP) is -0.650. The lowest BCUT2D eigenvalue weighted by Gasteiger charge is -2.28. The van der Waals surface area contributed by atoms with Crippen LogP contribution in [0.5, 0.6) is 0 Å². The van der Waals surface area contributed by atoms with Crippen molar-refractivity contribution in [1.82, 2.24) is 15.3 Å². The third-order valence-electron chi connectivity index (χ3n) is 2.41. The minimum absolute atomic E-state index is 1.03. The molecule has 0 saturated carbocycles. The summed E-state index contributed by atoms with van der Waals surface area (Å²) in [5.74, 6) is -2.60. The van der Waals surface area contributed by atoms with Crippen molar-refractivity contribution in [3.05, 3.63) is 18.1 Å². The molecule has 0 aliphatic carbocycles. The van der Waals surface area contributed by atoms with E-state index in [0.717, 1.165) is 37.7 Å². The summed E-state index contributed by atoms with van der Waals surface area (Å²) in [7, 11) is 0. The third-order valence-corrected chi connectivity index (χ3v) is 2.41. The SMILES string of the molecule is Cc1cc(N2CCNCC2)ncn1.O=C(O)C(=O)O. The molecule has 0 bridgehead atoms. The molecular formula is C11H16N4O4. The van der Waals surface area contributed by atoms with E-state index in [9.17, 15) is 0 Å². The summed E-state index contributed by atoms with van der Waals surface area (Å²) in [6, 6.07) is 2.03. The number of nitrogens with one attached hydrogen (secondary N) is 1. The molecule has 0 unspecified atom stereocenters. The summed E-state index contributed by atoms with van der Waals surface area (Å²) in [4.78, 5) is 28.8. The largest absolute Gasteiger partial charge is 0.473 e. The number of carboxylic acid groups (broad SMARTS) is 2. The number of aromatic nitrogens is 2. The Morgan fingerprint density at radius 2 is 1.79 bits per heavy atom. The van der Waals surface area contributed by atoms with Crippen LogP contribution in [0, 0.1) is 6.92 Å². The van der Waals surface area contributed by atoms with Crippen LogP contribution in [0.4, 0.5) is 5.82 Å².